The van der Waals surface area contributed by atoms with Crippen molar-refractivity contribution in [3.63, 3.8) is 0 Å². The largest absolute Gasteiger partial charge is 1.00 e. The Labute approximate surface area is 423 Å². The molecule has 11 aromatic carbocycles. The van der Waals surface area contributed by atoms with Crippen molar-refractivity contribution in [3.05, 3.63) is 267 Å². The summed E-state index contributed by atoms with van der Waals surface area (Å²) in [5.41, 5.74) is 1.70. The molecule has 66 heavy (non-hydrogen) atoms. The van der Waals surface area contributed by atoms with Gasteiger partial charge in [-0.15, -0.1) is 23.3 Å². The fraction of sp³-hybridized carbons (Fsp3) is 0.0323. The molecule has 0 aliphatic rings. The smallest absolute Gasteiger partial charge is 0.366 e. The van der Waals surface area contributed by atoms with E-state index in [9.17, 15) is 0 Å². The third kappa shape index (κ3) is 10.9. The average Bonchev–Trinajstić information content (AvgIpc) is 3.38. The molecule has 0 heterocycles. The van der Waals surface area contributed by atoms with Crippen LogP contribution in [0, 0.1) is 24.7 Å². The summed E-state index contributed by atoms with van der Waals surface area (Å²) in [5.74, 6) is 5.03. The van der Waals surface area contributed by atoms with Crippen LogP contribution in [0.25, 0.3) is 53.9 Å². The maximum atomic E-state index is 7.41. The normalized spacial score (nSPS) is 10.5. The van der Waals surface area contributed by atoms with Gasteiger partial charge in [-0.25, -0.2) is 0 Å². The van der Waals surface area contributed by atoms with Gasteiger partial charge in [0, 0.05) is 0 Å². The summed E-state index contributed by atoms with van der Waals surface area (Å²) in [4.78, 5) is 0. The monoisotopic (exact) mass is 1160 g/mol. The van der Waals surface area contributed by atoms with E-state index >= 15 is 0 Å². The molecule has 4 heteroatoms. The molecule has 0 N–H and O–H groups in total. The maximum Gasteiger partial charge on any atom is 1.00 e. The van der Waals surface area contributed by atoms with Crippen molar-refractivity contribution >= 4 is 90.9 Å². The van der Waals surface area contributed by atoms with Gasteiger partial charge < -0.3 is 12.8 Å². The van der Waals surface area contributed by atoms with Crippen LogP contribution in [0.5, 0.6) is 0 Å². The van der Waals surface area contributed by atoms with Gasteiger partial charge in [0.2, 0.25) is 0 Å². The van der Waals surface area contributed by atoms with Gasteiger partial charge in [0.15, 0.2) is 0 Å². The van der Waals surface area contributed by atoms with E-state index in [1.165, 1.54) is 71.2 Å². The van der Waals surface area contributed by atoms with Crippen molar-refractivity contribution in [2.24, 2.45) is 0 Å². The SMILES string of the molecule is [Ag+].[Au+].[C-]#Cc1cc2ccccc2c2ccccc12.[C-]#Cc1cccc2c1ccc1c3ccccc3ccc21.c1ccc([PH+](CC[PH+](c2ccccc2)c2ccccc2)c2ccccc2)cc1. The first kappa shape index (κ1) is 48.1. The molecular formula is C62H46AgAuP2+2. The van der Waals surface area contributed by atoms with Crippen LogP contribution in [0.4, 0.5) is 0 Å². The topological polar surface area (TPSA) is 0 Å². The summed E-state index contributed by atoms with van der Waals surface area (Å²) in [6.45, 7) is 0. The van der Waals surface area contributed by atoms with Gasteiger partial charge in [-0.2, -0.15) is 0 Å². The molecule has 0 bridgehead atoms. The molecule has 11 rings (SSSR count). The number of fused-ring (bicyclic) bond motifs is 8. The Morgan fingerprint density at radius 3 is 1.11 bits per heavy atom. The molecule has 324 valence electrons. The van der Waals surface area contributed by atoms with E-state index < -0.39 is 15.8 Å². The summed E-state index contributed by atoms with van der Waals surface area (Å²) in [5, 5.41) is 18.0. The summed E-state index contributed by atoms with van der Waals surface area (Å²) < 4.78 is 0. The Kier molecular flexibility index (Phi) is 17.2. The van der Waals surface area contributed by atoms with Gasteiger partial charge >= 0.3 is 44.8 Å². The quantitative estimate of drug-likeness (QED) is 0.0491. The minimum absolute atomic E-state index is 0. The summed E-state index contributed by atoms with van der Waals surface area (Å²) in [6.07, 6.45) is 17.3. The number of hydrogen-bond donors (Lipinski definition) is 0. The first-order chi connectivity index (χ1) is 31.7. The Morgan fingerprint density at radius 1 is 0.288 bits per heavy atom. The van der Waals surface area contributed by atoms with Gasteiger partial charge in [0.1, 0.15) is 12.3 Å². The molecule has 0 unspecified atom stereocenters. The second kappa shape index (κ2) is 23.6. The van der Waals surface area contributed by atoms with Gasteiger partial charge in [-0.1, -0.05) is 193 Å². The van der Waals surface area contributed by atoms with Crippen molar-refractivity contribution in [1.82, 2.24) is 0 Å². The molecule has 0 aliphatic carbocycles. The minimum Gasteiger partial charge on any atom is -0.366 e. The second-order valence-electron chi connectivity index (χ2n) is 15.7. The molecular weight excluding hydrogens is 1110 g/mol. The summed E-state index contributed by atoms with van der Waals surface area (Å²) in [6, 6.07) is 86.0. The molecule has 0 amide bonds. The molecule has 0 atom stereocenters. The molecule has 0 aliphatic heterocycles. The van der Waals surface area contributed by atoms with Crippen LogP contribution < -0.4 is 21.2 Å². The van der Waals surface area contributed by atoms with E-state index in [-0.39, 0.29) is 44.8 Å². The Hall–Kier alpha value is -5.82. The zero-order valence-corrected chi connectivity index (χ0v) is 41.8. The van der Waals surface area contributed by atoms with E-state index in [1.54, 1.807) is 0 Å². The van der Waals surface area contributed by atoms with Gasteiger partial charge in [-0.3, -0.25) is 11.8 Å². The van der Waals surface area contributed by atoms with Crippen LogP contribution in [-0.2, 0) is 44.8 Å². The van der Waals surface area contributed by atoms with Crippen molar-refractivity contribution < 1.29 is 44.8 Å². The predicted molar refractivity (Wildman–Crippen MR) is 284 cm³/mol. The van der Waals surface area contributed by atoms with Gasteiger partial charge in [-0.05, 0) is 91.6 Å². The van der Waals surface area contributed by atoms with Crippen molar-refractivity contribution in [2.75, 3.05) is 12.3 Å². The number of hydrogen-bond acceptors (Lipinski definition) is 0. The van der Waals surface area contributed by atoms with Crippen LogP contribution in [0.3, 0.4) is 0 Å². The second-order valence-corrected chi connectivity index (χ2v) is 20.9. The van der Waals surface area contributed by atoms with Gasteiger partial charge in [0.25, 0.3) is 0 Å². The first-order valence-corrected chi connectivity index (χ1v) is 25.1. The standard InChI is InChI=1S/C26H24P2.C20H11.C16H9.Ag.Au/c1-5-13-23(14-6-1)27(24-15-7-2-8-16-24)21-22-28(25-17-9-3-10-18-25)26-19-11-4-12-20-26;1-2-14-7-5-9-18-17(14)12-13-19-16-8-4-3-6-15(16)10-11-20(18)19;1-2-12-11-13-7-3-4-9-15(13)16-10-6-5-8-14(12)16;;/h1-20H,21-22H2;3-13H;3-11H;;/q;2*-1;2*+1/p+2. The van der Waals surface area contributed by atoms with E-state index in [2.05, 4.69) is 206 Å². The predicted octanol–water partition coefficient (Wildman–Crippen LogP) is 13.7. The van der Waals surface area contributed by atoms with Crippen molar-refractivity contribution in [3.8, 4) is 11.8 Å². The van der Waals surface area contributed by atoms with Crippen LogP contribution in [0.1, 0.15) is 11.1 Å². The van der Waals surface area contributed by atoms with Crippen LogP contribution in [0.15, 0.2) is 243 Å². The minimum atomic E-state index is -0.783. The van der Waals surface area contributed by atoms with E-state index in [0.717, 1.165) is 27.3 Å². The Balaban J connectivity index is 0.000000151. The first-order valence-electron chi connectivity index (χ1n) is 21.7. The van der Waals surface area contributed by atoms with Crippen LogP contribution in [-0.4, -0.2) is 12.3 Å². The van der Waals surface area contributed by atoms with Crippen LogP contribution >= 0.6 is 15.8 Å². The van der Waals surface area contributed by atoms with E-state index in [4.69, 9.17) is 12.8 Å². The van der Waals surface area contributed by atoms with E-state index in [1.807, 2.05) is 48.5 Å². The molecule has 0 nitrogen and oxygen atoms in total. The molecule has 0 aromatic heterocycles. The van der Waals surface area contributed by atoms with Crippen molar-refractivity contribution in [1.29, 1.82) is 0 Å². The summed E-state index contributed by atoms with van der Waals surface area (Å²) in [7, 11) is -1.57. The van der Waals surface area contributed by atoms with Gasteiger partial charge in [0.05, 0.1) is 37.1 Å². The molecule has 0 radical (unpaired) electrons. The molecule has 11 aromatic rings. The van der Waals surface area contributed by atoms with Crippen molar-refractivity contribution in [2.45, 2.75) is 0 Å². The average molecular weight is 1160 g/mol. The molecule has 0 spiro atoms. The van der Waals surface area contributed by atoms with E-state index in [0.29, 0.717) is 0 Å². The fourth-order valence-electron chi connectivity index (χ4n) is 8.84. The third-order valence-corrected chi connectivity index (χ3v) is 18.1. The Morgan fingerprint density at radius 2 is 0.606 bits per heavy atom. The Bertz CT molecular complexity index is 3260. The molecule has 0 saturated carbocycles. The zero-order chi connectivity index (χ0) is 43.5. The summed E-state index contributed by atoms with van der Waals surface area (Å²) >= 11 is 0. The fourth-order valence-corrected chi connectivity index (χ4v) is 15.0. The number of rotatable bonds is 7. The number of benzene rings is 11. The van der Waals surface area contributed by atoms with Crippen LogP contribution in [0.2, 0.25) is 0 Å². The maximum absolute atomic E-state index is 7.41. The zero-order valence-electron chi connectivity index (χ0n) is 36.1. The molecule has 0 fully saturated rings. The molecule has 0 saturated heterocycles. The third-order valence-electron chi connectivity index (χ3n) is 11.9.